The van der Waals surface area contributed by atoms with Crippen molar-refractivity contribution in [3.63, 3.8) is 0 Å². The molecule has 0 saturated carbocycles. The third-order valence-corrected chi connectivity index (χ3v) is 3.56. The highest BCUT2D eigenvalue weighted by Gasteiger charge is 2.09. The van der Waals surface area contributed by atoms with Crippen molar-refractivity contribution < 1.29 is 9.18 Å². The summed E-state index contributed by atoms with van der Waals surface area (Å²) in [5.74, 6) is -0.224. The minimum absolute atomic E-state index is 0.193. The van der Waals surface area contributed by atoms with E-state index in [0.717, 1.165) is 32.7 Å². The minimum Gasteiger partial charge on any atom is -0.338 e. The summed E-state index contributed by atoms with van der Waals surface area (Å²) in [6.45, 7) is 5.99. The minimum atomic E-state index is -0.224. The van der Waals surface area contributed by atoms with Crippen LogP contribution < -0.4 is 16.0 Å². The molecule has 0 bridgehead atoms. The quantitative estimate of drug-likeness (QED) is 0.719. The van der Waals surface area contributed by atoms with Crippen LogP contribution in [0.5, 0.6) is 0 Å². The van der Waals surface area contributed by atoms with E-state index in [-0.39, 0.29) is 11.8 Å². The van der Waals surface area contributed by atoms with Crippen molar-refractivity contribution in [2.24, 2.45) is 0 Å². The molecule has 5 nitrogen and oxygen atoms in total. The molecule has 2 amide bonds. The van der Waals surface area contributed by atoms with Gasteiger partial charge in [0.25, 0.3) is 0 Å². The highest BCUT2D eigenvalue weighted by Crippen LogP contribution is 2.05. The van der Waals surface area contributed by atoms with E-state index in [2.05, 4.69) is 20.9 Å². The number of halogens is 1. The first-order valence-electron chi connectivity index (χ1n) is 7.44. The molecule has 1 saturated heterocycles. The number of hydrogen-bond acceptors (Lipinski definition) is 3. The van der Waals surface area contributed by atoms with Crippen LogP contribution in [0.1, 0.15) is 5.56 Å². The van der Waals surface area contributed by atoms with Gasteiger partial charge in [-0.15, -0.1) is 0 Å². The van der Waals surface area contributed by atoms with Gasteiger partial charge in [-0.3, -0.25) is 4.90 Å². The Morgan fingerprint density at radius 1 is 1.19 bits per heavy atom. The summed E-state index contributed by atoms with van der Waals surface area (Å²) in [7, 11) is 0. The van der Waals surface area contributed by atoms with Crippen LogP contribution in [0.4, 0.5) is 9.18 Å². The fraction of sp³-hybridized carbons (Fsp3) is 0.533. The molecule has 6 heteroatoms. The topological polar surface area (TPSA) is 56.4 Å². The molecule has 1 aromatic rings. The summed E-state index contributed by atoms with van der Waals surface area (Å²) in [4.78, 5) is 13.9. The lowest BCUT2D eigenvalue weighted by atomic mass is 10.1. The van der Waals surface area contributed by atoms with Crippen molar-refractivity contribution in [2.45, 2.75) is 6.42 Å². The fourth-order valence-electron chi connectivity index (χ4n) is 2.34. The summed E-state index contributed by atoms with van der Waals surface area (Å²) in [6, 6.07) is 6.44. The Labute approximate surface area is 124 Å². The molecule has 0 unspecified atom stereocenters. The third kappa shape index (κ3) is 5.69. The summed E-state index contributed by atoms with van der Waals surface area (Å²) in [5.41, 5.74) is 0.624. The van der Waals surface area contributed by atoms with Gasteiger partial charge in [0.1, 0.15) is 5.82 Å². The number of carbonyl (C=O) groups excluding carboxylic acids is 1. The number of nitrogens with zero attached hydrogens (tertiary/aromatic N) is 1. The molecular weight excluding hydrogens is 271 g/mol. The molecule has 0 aromatic heterocycles. The highest BCUT2D eigenvalue weighted by atomic mass is 19.1. The maximum absolute atomic E-state index is 13.4. The number of piperazine rings is 1. The number of urea groups is 1. The maximum atomic E-state index is 13.4. The van der Waals surface area contributed by atoms with E-state index in [1.165, 1.54) is 6.07 Å². The van der Waals surface area contributed by atoms with Gasteiger partial charge >= 0.3 is 6.03 Å². The molecule has 1 fully saturated rings. The Kier molecular flexibility index (Phi) is 6.43. The van der Waals surface area contributed by atoms with Crippen LogP contribution in [0, 0.1) is 5.82 Å². The zero-order valence-corrected chi connectivity index (χ0v) is 12.2. The predicted octanol–water partition coefficient (Wildman–Crippen LogP) is 0.573. The van der Waals surface area contributed by atoms with Crippen molar-refractivity contribution in [2.75, 3.05) is 45.8 Å². The lowest BCUT2D eigenvalue weighted by molar-refractivity contribution is 0.227. The van der Waals surface area contributed by atoms with E-state index in [0.29, 0.717) is 25.1 Å². The van der Waals surface area contributed by atoms with Crippen molar-refractivity contribution in [3.8, 4) is 0 Å². The largest absolute Gasteiger partial charge is 0.338 e. The predicted molar refractivity (Wildman–Crippen MR) is 80.8 cm³/mol. The fourth-order valence-corrected chi connectivity index (χ4v) is 2.34. The van der Waals surface area contributed by atoms with Crippen molar-refractivity contribution in [1.82, 2.24) is 20.9 Å². The van der Waals surface area contributed by atoms with Crippen molar-refractivity contribution in [3.05, 3.63) is 35.6 Å². The van der Waals surface area contributed by atoms with E-state index in [1.54, 1.807) is 18.2 Å². The third-order valence-electron chi connectivity index (χ3n) is 3.56. The number of carbonyl (C=O) groups is 1. The van der Waals surface area contributed by atoms with Crippen LogP contribution in [0.2, 0.25) is 0 Å². The molecule has 1 aliphatic rings. The molecule has 0 spiro atoms. The van der Waals surface area contributed by atoms with Gasteiger partial charge in [0.05, 0.1) is 0 Å². The Balaban J connectivity index is 1.56. The molecule has 3 N–H and O–H groups in total. The van der Waals surface area contributed by atoms with Gasteiger partial charge in [-0.2, -0.15) is 0 Å². The first kappa shape index (κ1) is 15.7. The van der Waals surface area contributed by atoms with Crippen LogP contribution in [0.3, 0.4) is 0 Å². The second-order valence-electron chi connectivity index (χ2n) is 5.12. The van der Waals surface area contributed by atoms with E-state index < -0.39 is 0 Å². The zero-order valence-electron chi connectivity index (χ0n) is 12.2. The normalized spacial score (nSPS) is 15.7. The number of benzene rings is 1. The lowest BCUT2D eigenvalue weighted by Crippen LogP contribution is -2.47. The number of hydrogen-bond donors (Lipinski definition) is 3. The second kappa shape index (κ2) is 8.59. The molecule has 0 aliphatic carbocycles. The Morgan fingerprint density at radius 3 is 2.67 bits per heavy atom. The van der Waals surface area contributed by atoms with E-state index >= 15 is 0 Å². The SMILES string of the molecule is O=C(NCCc1ccccc1F)NCCN1CCNCC1. The highest BCUT2D eigenvalue weighted by molar-refractivity contribution is 5.73. The Morgan fingerprint density at radius 2 is 1.90 bits per heavy atom. The number of nitrogens with one attached hydrogen (secondary N) is 3. The molecule has 1 aromatic carbocycles. The van der Waals surface area contributed by atoms with Gasteiger partial charge in [0.15, 0.2) is 0 Å². The van der Waals surface area contributed by atoms with Crippen LogP contribution in [-0.2, 0) is 6.42 Å². The molecule has 0 radical (unpaired) electrons. The van der Waals surface area contributed by atoms with Gasteiger partial charge < -0.3 is 16.0 Å². The van der Waals surface area contributed by atoms with Gasteiger partial charge in [0, 0.05) is 45.8 Å². The van der Waals surface area contributed by atoms with E-state index in [1.807, 2.05) is 0 Å². The summed E-state index contributed by atoms with van der Waals surface area (Å²) in [5, 5.41) is 8.86. The molecule has 1 aliphatic heterocycles. The average Bonchev–Trinajstić information content (AvgIpc) is 2.50. The van der Waals surface area contributed by atoms with Crippen molar-refractivity contribution >= 4 is 6.03 Å². The van der Waals surface area contributed by atoms with Crippen LogP contribution in [0.25, 0.3) is 0 Å². The van der Waals surface area contributed by atoms with Crippen LogP contribution >= 0.6 is 0 Å². The summed E-state index contributed by atoms with van der Waals surface area (Å²) < 4.78 is 13.4. The maximum Gasteiger partial charge on any atom is 0.314 e. The zero-order chi connectivity index (χ0) is 14.9. The number of amides is 2. The molecule has 0 atom stereocenters. The summed E-state index contributed by atoms with van der Waals surface area (Å²) in [6.07, 6.45) is 0.498. The van der Waals surface area contributed by atoms with E-state index in [9.17, 15) is 9.18 Å². The molecule has 21 heavy (non-hydrogen) atoms. The molecular formula is C15H23FN4O. The molecule has 116 valence electrons. The van der Waals surface area contributed by atoms with E-state index in [4.69, 9.17) is 0 Å². The molecule has 2 rings (SSSR count). The molecule has 1 heterocycles. The number of rotatable bonds is 6. The second-order valence-corrected chi connectivity index (χ2v) is 5.12. The van der Waals surface area contributed by atoms with Crippen LogP contribution in [-0.4, -0.2) is 56.7 Å². The standard InChI is InChI=1S/C15H23FN4O/c16-14-4-2-1-3-13(14)5-6-18-15(21)19-9-12-20-10-7-17-8-11-20/h1-4,17H,5-12H2,(H2,18,19,21). The first-order chi connectivity index (χ1) is 10.3. The first-order valence-corrected chi connectivity index (χ1v) is 7.44. The van der Waals surface area contributed by atoms with Gasteiger partial charge in [-0.1, -0.05) is 18.2 Å². The lowest BCUT2D eigenvalue weighted by Gasteiger charge is -2.27. The average molecular weight is 294 g/mol. The monoisotopic (exact) mass is 294 g/mol. The van der Waals surface area contributed by atoms with Gasteiger partial charge in [-0.05, 0) is 18.1 Å². The smallest absolute Gasteiger partial charge is 0.314 e. The van der Waals surface area contributed by atoms with Gasteiger partial charge in [-0.25, -0.2) is 9.18 Å². The van der Waals surface area contributed by atoms with Crippen molar-refractivity contribution in [1.29, 1.82) is 0 Å². The summed E-state index contributed by atoms with van der Waals surface area (Å²) >= 11 is 0. The Hall–Kier alpha value is -1.66. The Bertz CT molecular complexity index is 449. The van der Waals surface area contributed by atoms with Gasteiger partial charge in [0.2, 0.25) is 0 Å². The van der Waals surface area contributed by atoms with Crippen LogP contribution in [0.15, 0.2) is 24.3 Å².